The number of hydrogen-bond acceptors (Lipinski definition) is 4. The highest BCUT2D eigenvalue weighted by Gasteiger charge is 2.31. The molecule has 0 fully saturated rings. The van der Waals surface area contributed by atoms with E-state index in [4.69, 9.17) is 32.7 Å². The maximum Gasteiger partial charge on any atom is 0.243 e. The predicted molar refractivity (Wildman–Crippen MR) is 155 cm³/mol. The van der Waals surface area contributed by atoms with Gasteiger partial charge in [-0.05, 0) is 60.7 Å². The molecular weight excluding hydrogens is 535 g/mol. The first-order valence-corrected chi connectivity index (χ1v) is 14.1. The Hall–Kier alpha value is -3.22. The summed E-state index contributed by atoms with van der Waals surface area (Å²) in [5, 5.41) is 3.93. The summed E-state index contributed by atoms with van der Waals surface area (Å²) >= 11 is 12.4. The molecule has 0 unspecified atom stereocenters. The highest BCUT2D eigenvalue weighted by molar-refractivity contribution is 6.42. The number of aryl methyl sites for hydroxylation is 1. The molecule has 3 aromatic rings. The molecule has 0 bridgehead atoms. The molecule has 1 heterocycles. The maximum atomic E-state index is 13.9. The Morgan fingerprint density at radius 2 is 1.62 bits per heavy atom. The molecule has 0 saturated carbocycles. The smallest absolute Gasteiger partial charge is 0.243 e. The van der Waals surface area contributed by atoms with Gasteiger partial charge < -0.3 is 19.7 Å². The largest absolute Gasteiger partial charge is 0.486 e. The van der Waals surface area contributed by atoms with Crippen LogP contribution in [-0.4, -0.2) is 42.0 Å². The molecule has 1 aliphatic rings. The van der Waals surface area contributed by atoms with Crippen molar-refractivity contribution in [3.63, 3.8) is 0 Å². The van der Waals surface area contributed by atoms with E-state index < -0.39 is 6.04 Å². The Kier molecular flexibility index (Phi) is 10.1. The molecule has 2 atom stereocenters. The van der Waals surface area contributed by atoms with Crippen LogP contribution in [0.3, 0.4) is 0 Å². The van der Waals surface area contributed by atoms with Crippen molar-refractivity contribution < 1.29 is 19.1 Å². The fourth-order valence-corrected chi connectivity index (χ4v) is 4.79. The molecule has 3 aromatic carbocycles. The second kappa shape index (κ2) is 13.7. The summed E-state index contributed by atoms with van der Waals surface area (Å²) in [7, 11) is 0. The van der Waals surface area contributed by atoms with Gasteiger partial charge in [-0.15, -0.1) is 0 Å². The molecule has 0 aliphatic carbocycles. The van der Waals surface area contributed by atoms with E-state index in [-0.39, 0.29) is 30.8 Å². The number of benzene rings is 3. The van der Waals surface area contributed by atoms with E-state index in [1.807, 2.05) is 68.4 Å². The highest BCUT2D eigenvalue weighted by atomic mass is 35.5. The van der Waals surface area contributed by atoms with E-state index in [2.05, 4.69) is 5.32 Å². The molecule has 0 aromatic heterocycles. The molecule has 0 spiro atoms. The third-order valence-corrected chi connectivity index (χ3v) is 7.58. The summed E-state index contributed by atoms with van der Waals surface area (Å²) in [4.78, 5) is 29.2. The Morgan fingerprint density at radius 3 is 2.33 bits per heavy atom. The van der Waals surface area contributed by atoms with E-state index in [9.17, 15) is 9.59 Å². The summed E-state index contributed by atoms with van der Waals surface area (Å²) in [6.45, 7) is 5.23. The Labute approximate surface area is 240 Å². The molecule has 1 N–H and O–H groups in total. The van der Waals surface area contributed by atoms with Gasteiger partial charge in [0.1, 0.15) is 19.3 Å². The molecule has 1 aliphatic heterocycles. The summed E-state index contributed by atoms with van der Waals surface area (Å²) in [5.74, 6) is 1.09. The van der Waals surface area contributed by atoms with E-state index in [1.54, 1.807) is 17.0 Å². The third kappa shape index (κ3) is 7.90. The lowest BCUT2D eigenvalue weighted by Crippen LogP contribution is -2.52. The first-order chi connectivity index (χ1) is 18.8. The van der Waals surface area contributed by atoms with Gasteiger partial charge in [-0.3, -0.25) is 9.59 Å². The lowest BCUT2D eigenvalue weighted by atomic mass is 10.0. The number of rotatable bonds is 11. The fraction of sp³-hybridized carbons (Fsp3) is 0.355. The van der Waals surface area contributed by atoms with Gasteiger partial charge in [0.15, 0.2) is 11.5 Å². The molecule has 0 radical (unpaired) electrons. The quantitative estimate of drug-likeness (QED) is 0.297. The van der Waals surface area contributed by atoms with Crippen LogP contribution in [0.25, 0.3) is 0 Å². The molecule has 8 heteroatoms. The highest BCUT2D eigenvalue weighted by Crippen LogP contribution is 2.31. The fourth-order valence-electron chi connectivity index (χ4n) is 4.47. The number of nitrogens with zero attached hydrogens (tertiary/aromatic N) is 1. The van der Waals surface area contributed by atoms with Crippen LogP contribution in [0, 0.1) is 0 Å². The van der Waals surface area contributed by atoms with Gasteiger partial charge in [0.25, 0.3) is 0 Å². The maximum absolute atomic E-state index is 13.9. The van der Waals surface area contributed by atoms with Crippen LogP contribution in [0.2, 0.25) is 10.0 Å². The van der Waals surface area contributed by atoms with Crippen LogP contribution in [0.4, 0.5) is 0 Å². The number of fused-ring (bicyclic) bond motifs is 1. The summed E-state index contributed by atoms with van der Waals surface area (Å²) in [5.41, 5.74) is 2.73. The lowest BCUT2D eigenvalue weighted by Gasteiger charge is -2.32. The van der Waals surface area contributed by atoms with Gasteiger partial charge in [0.05, 0.1) is 10.0 Å². The first kappa shape index (κ1) is 28.8. The Morgan fingerprint density at radius 1 is 0.897 bits per heavy atom. The molecule has 206 valence electrons. The predicted octanol–water partition coefficient (Wildman–Crippen LogP) is 6.25. The number of amides is 2. The summed E-state index contributed by atoms with van der Waals surface area (Å²) in [6.07, 6.45) is 1.90. The van der Waals surface area contributed by atoms with Crippen LogP contribution in [0.15, 0.2) is 66.7 Å². The number of carbonyl (C=O) groups is 2. The lowest BCUT2D eigenvalue weighted by molar-refractivity contribution is -0.141. The topological polar surface area (TPSA) is 67.9 Å². The number of halogens is 2. The molecule has 4 rings (SSSR count). The summed E-state index contributed by atoms with van der Waals surface area (Å²) < 4.78 is 11.3. The van der Waals surface area contributed by atoms with E-state index in [0.29, 0.717) is 47.6 Å². The minimum Gasteiger partial charge on any atom is -0.486 e. The molecule has 2 amide bonds. The van der Waals surface area contributed by atoms with E-state index in [0.717, 1.165) is 23.1 Å². The van der Waals surface area contributed by atoms with Crippen LogP contribution in [-0.2, 0) is 29.0 Å². The Balaban J connectivity index is 1.61. The van der Waals surface area contributed by atoms with Crippen molar-refractivity contribution in [3.8, 4) is 11.5 Å². The van der Waals surface area contributed by atoms with Gasteiger partial charge in [0, 0.05) is 25.4 Å². The zero-order valence-electron chi connectivity index (χ0n) is 22.3. The van der Waals surface area contributed by atoms with Crippen LogP contribution >= 0.6 is 23.2 Å². The van der Waals surface area contributed by atoms with Crippen molar-refractivity contribution in [2.75, 3.05) is 13.2 Å². The molecule has 0 saturated heterocycles. The molecule has 6 nitrogen and oxygen atoms in total. The second-order valence-electron chi connectivity index (χ2n) is 9.77. The summed E-state index contributed by atoms with van der Waals surface area (Å²) in [6, 6.07) is 20.1. The number of carbonyl (C=O) groups excluding carboxylic acids is 2. The zero-order valence-corrected chi connectivity index (χ0v) is 23.8. The van der Waals surface area contributed by atoms with Gasteiger partial charge in [-0.2, -0.15) is 0 Å². The monoisotopic (exact) mass is 568 g/mol. The van der Waals surface area contributed by atoms with Crippen LogP contribution in [0.5, 0.6) is 11.5 Å². The first-order valence-electron chi connectivity index (χ1n) is 13.3. The van der Waals surface area contributed by atoms with Gasteiger partial charge in [-0.25, -0.2) is 0 Å². The van der Waals surface area contributed by atoms with Crippen molar-refractivity contribution in [1.29, 1.82) is 0 Å². The number of hydrogen-bond donors (Lipinski definition) is 1. The number of ether oxygens (including phenoxy) is 2. The van der Waals surface area contributed by atoms with E-state index in [1.165, 1.54) is 0 Å². The van der Waals surface area contributed by atoms with Crippen molar-refractivity contribution in [1.82, 2.24) is 10.2 Å². The Bertz CT molecular complexity index is 1280. The minimum atomic E-state index is -0.705. The third-order valence-electron chi connectivity index (χ3n) is 6.84. The number of nitrogens with one attached hydrogen (secondary N) is 1. The average Bonchev–Trinajstić information content (AvgIpc) is 2.95. The standard InChI is InChI=1S/C31H34Cl2N2O4/c1-3-21(2)34-31(37)27(18-22-7-5-4-6-8-22)35(20-24-9-12-25(32)26(33)17-24)30(36)14-11-23-10-13-28-29(19-23)39-16-15-38-28/h4-10,12-13,17,19,21,27H,3,11,14-16,18,20H2,1-2H3,(H,34,37)/t21-,27-/m0/s1. The van der Waals surface area contributed by atoms with Crippen molar-refractivity contribution in [2.45, 2.75) is 58.2 Å². The van der Waals surface area contributed by atoms with E-state index >= 15 is 0 Å². The van der Waals surface area contributed by atoms with Crippen molar-refractivity contribution in [3.05, 3.63) is 93.5 Å². The normalized spacial score (nSPS) is 13.8. The minimum absolute atomic E-state index is 0.0181. The second-order valence-corrected chi connectivity index (χ2v) is 10.6. The molecular formula is C31H34Cl2N2O4. The molecule has 39 heavy (non-hydrogen) atoms. The van der Waals surface area contributed by atoms with Crippen molar-refractivity contribution >= 4 is 35.0 Å². The van der Waals surface area contributed by atoms with Gasteiger partial charge in [0.2, 0.25) is 11.8 Å². The van der Waals surface area contributed by atoms with Crippen molar-refractivity contribution in [2.24, 2.45) is 0 Å². The van der Waals surface area contributed by atoms with Gasteiger partial charge in [-0.1, -0.05) is 72.6 Å². The SMILES string of the molecule is CC[C@H](C)NC(=O)[C@H](Cc1ccccc1)N(Cc1ccc(Cl)c(Cl)c1)C(=O)CCc1ccc2c(c1)OCCO2. The van der Waals surface area contributed by atoms with Crippen LogP contribution < -0.4 is 14.8 Å². The van der Waals surface area contributed by atoms with Gasteiger partial charge >= 0.3 is 0 Å². The van der Waals surface area contributed by atoms with Crippen LogP contribution in [0.1, 0.15) is 43.4 Å². The zero-order chi connectivity index (χ0) is 27.8. The average molecular weight is 570 g/mol.